The van der Waals surface area contributed by atoms with Crippen molar-refractivity contribution in [3.63, 3.8) is 0 Å². The van der Waals surface area contributed by atoms with Gasteiger partial charge in [-0.3, -0.25) is 4.79 Å². The van der Waals surface area contributed by atoms with E-state index in [0.717, 1.165) is 12.1 Å². The summed E-state index contributed by atoms with van der Waals surface area (Å²) in [6, 6.07) is 1.01. The zero-order valence-electron chi connectivity index (χ0n) is 11.9. The molecule has 1 aromatic rings. The first kappa shape index (κ1) is 17.6. The molecule has 1 atom stereocenters. The van der Waals surface area contributed by atoms with E-state index in [1.54, 1.807) is 0 Å². The fourth-order valence-electron chi connectivity index (χ4n) is 1.82. The first-order valence-corrected chi connectivity index (χ1v) is 7.08. The zero-order chi connectivity index (χ0) is 16.2. The van der Waals surface area contributed by atoms with Crippen molar-refractivity contribution in [3.8, 4) is 0 Å². The number of ether oxygens (including phenoxy) is 1. The third-order valence-corrected chi connectivity index (χ3v) is 3.19. The van der Waals surface area contributed by atoms with Crippen LogP contribution >= 0.6 is 15.9 Å². The second-order valence-corrected chi connectivity index (χ2v) is 5.84. The number of halogens is 3. The number of nitrogens with one attached hydrogen (secondary N) is 1. The number of hydrogen-bond acceptors (Lipinski definition) is 3. The molecule has 1 amide bonds. The summed E-state index contributed by atoms with van der Waals surface area (Å²) < 4.78 is 32.2. The number of hydrogen-bond donors (Lipinski definition) is 1. The van der Waals surface area contributed by atoms with E-state index in [1.807, 2.05) is 13.8 Å². The molecule has 0 aliphatic carbocycles. The van der Waals surface area contributed by atoms with E-state index >= 15 is 0 Å². The SMILES string of the molecule is COC(=O)C(CC(C)C)NC(=O)c1c(F)cc(Br)cc1F. The molecule has 4 nitrogen and oxygen atoms in total. The van der Waals surface area contributed by atoms with Gasteiger partial charge in [0.05, 0.1) is 7.11 Å². The van der Waals surface area contributed by atoms with Gasteiger partial charge in [0.2, 0.25) is 0 Å². The van der Waals surface area contributed by atoms with Crippen molar-refractivity contribution in [2.45, 2.75) is 26.3 Å². The highest BCUT2D eigenvalue weighted by atomic mass is 79.9. The molecule has 7 heteroatoms. The lowest BCUT2D eigenvalue weighted by molar-refractivity contribution is -0.143. The summed E-state index contributed by atoms with van der Waals surface area (Å²) in [6.45, 7) is 3.70. The second kappa shape index (κ2) is 7.49. The third-order valence-electron chi connectivity index (χ3n) is 2.73. The van der Waals surface area contributed by atoms with E-state index in [2.05, 4.69) is 26.0 Å². The highest BCUT2D eigenvalue weighted by Crippen LogP contribution is 2.20. The van der Waals surface area contributed by atoms with Gasteiger partial charge in [0, 0.05) is 4.47 Å². The molecule has 0 saturated carbocycles. The minimum absolute atomic E-state index is 0.0917. The van der Waals surface area contributed by atoms with Crippen LogP contribution in [0, 0.1) is 17.6 Å². The Morgan fingerprint density at radius 3 is 2.24 bits per heavy atom. The Labute approximate surface area is 130 Å². The van der Waals surface area contributed by atoms with Gasteiger partial charge in [-0.1, -0.05) is 29.8 Å². The molecule has 1 rings (SSSR count). The largest absolute Gasteiger partial charge is 0.467 e. The Morgan fingerprint density at radius 2 is 1.81 bits per heavy atom. The molecular formula is C14H16BrF2NO3. The molecule has 0 heterocycles. The van der Waals surface area contributed by atoms with Crippen LogP contribution in [-0.4, -0.2) is 25.0 Å². The molecule has 116 valence electrons. The summed E-state index contributed by atoms with van der Waals surface area (Å²) in [5.74, 6) is -3.57. The lowest BCUT2D eigenvalue weighted by Crippen LogP contribution is -2.43. The zero-order valence-corrected chi connectivity index (χ0v) is 13.5. The molecule has 1 unspecified atom stereocenters. The number of carbonyl (C=O) groups excluding carboxylic acids is 2. The van der Waals surface area contributed by atoms with Crippen LogP contribution in [0.2, 0.25) is 0 Å². The van der Waals surface area contributed by atoms with E-state index in [1.165, 1.54) is 7.11 Å². The molecular weight excluding hydrogens is 348 g/mol. The van der Waals surface area contributed by atoms with Gasteiger partial charge >= 0.3 is 5.97 Å². The van der Waals surface area contributed by atoms with E-state index in [-0.39, 0.29) is 10.4 Å². The molecule has 0 spiro atoms. The van der Waals surface area contributed by atoms with Gasteiger partial charge in [0.15, 0.2) is 0 Å². The number of carbonyl (C=O) groups is 2. The van der Waals surface area contributed by atoms with Crippen molar-refractivity contribution in [2.75, 3.05) is 7.11 Å². The van der Waals surface area contributed by atoms with Gasteiger partial charge in [0.1, 0.15) is 23.2 Å². The van der Waals surface area contributed by atoms with E-state index < -0.39 is 35.1 Å². The van der Waals surface area contributed by atoms with Gasteiger partial charge in [-0.25, -0.2) is 13.6 Å². The molecule has 0 aliphatic rings. The van der Waals surface area contributed by atoms with E-state index in [4.69, 9.17) is 0 Å². The summed E-state index contributed by atoms with van der Waals surface area (Å²) >= 11 is 2.93. The van der Waals surface area contributed by atoms with Crippen LogP contribution in [0.15, 0.2) is 16.6 Å². The number of methoxy groups -OCH3 is 1. The minimum atomic E-state index is -1.01. The standard InChI is InChI=1S/C14H16BrF2NO3/c1-7(2)4-11(14(20)21-3)18-13(19)12-9(16)5-8(15)6-10(12)17/h5-7,11H,4H2,1-3H3,(H,18,19). The van der Waals surface area contributed by atoms with Gasteiger partial charge in [0.25, 0.3) is 5.91 Å². The predicted octanol–water partition coefficient (Wildman–Crippen LogP) is 3.04. The molecule has 0 saturated heterocycles. The Hall–Kier alpha value is -1.50. The Morgan fingerprint density at radius 1 is 1.29 bits per heavy atom. The van der Waals surface area contributed by atoms with Crippen molar-refractivity contribution >= 4 is 27.8 Å². The van der Waals surface area contributed by atoms with Crippen LogP contribution < -0.4 is 5.32 Å². The predicted molar refractivity (Wildman–Crippen MR) is 76.8 cm³/mol. The summed E-state index contributed by atoms with van der Waals surface area (Å²) in [6.07, 6.45) is 0.304. The van der Waals surface area contributed by atoms with Crippen LogP contribution in [0.3, 0.4) is 0 Å². The lowest BCUT2D eigenvalue weighted by atomic mass is 10.0. The van der Waals surface area contributed by atoms with E-state index in [9.17, 15) is 18.4 Å². The van der Waals surface area contributed by atoms with Gasteiger partial charge in [-0.2, -0.15) is 0 Å². The molecule has 1 aromatic carbocycles. The third kappa shape index (κ3) is 4.77. The van der Waals surface area contributed by atoms with Gasteiger partial charge in [-0.15, -0.1) is 0 Å². The molecule has 0 fully saturated rings. The average molecular weight is 364 g/mol. The fraction of sp³-hybridized carbons (Fsp3) is 0.429. The van der Waals surface area contributed by atoms with Crippen molar-refractivity contribution in [1.82, 2.24) is 5.32 Å². The summed E-state index contributed by atoms with van der Waals surface area (Å²) in [4.78, 5) is 23.6. The molecule has 0 aliphatic heterocycles. The number of benzene rings is 1. The average Bonchev–Trinajstić information content (AvgIpc) is 2.35. The lowest BCUT2D eigenvalue weighted by Gasteiger charge is -2.18. The maximum Gasteiger partial charge on any atom is 0.328 e. The minimum Gasteiger partial charge on any atom is -0.467 e. The van der Waals surface area contributed by atoms with Crippen LogP contribution in [-0.2, 0) is 9.53 Å². The number of rotatable bonds is 5. The van der Waals surface area contributed by atoms with Crippen LogP contribution in [0.25, 0.3) is 0 Å². The summed E-state index contributed by atoms with van der Waals surface area (Å²) in [5, 5.41) is 2.31. The fourth-order valence-corrected chi connectivity index (χ4v) is 2.22. The summed E-state index contributed by atoms with van der Waals surface area (Å²) in [5.41, 5.74) is -0.726. The maximum absolute atomic E-state index is 13.7. The van der Waals surface area contributed by atoms with E-state index in [0.29, 0.717) is 6.42 Å². The van der Waals surface area contributed by atoms with Gasteiger partial charge in [-0.05, 0) is 24.5 Å². The van der Waals surface area contributed by atoms with Crippen molar-refractivity contribution in [2.24, 2.45) is 5.92 Å². The monoisotopic (exact) mass is 363 g/mol. The van der Waals surface area contributed by atoms with Crippen LogP contribution in [0.5, 0.6) is 0 Å². The van der Waals surface area contributed by atoms with Crippen molar-refractivity contribution < 1.29 is 23.1 Å². The molecule has 0 radical (unpaired) electrons. The molecule has 1 N–H and O–H groups in total. The van der Waals surface area contributed by atoms with Crippen LogP contribution in [0.1, 0.15) is 30.6 Å². The Kier molecular flexibility index (Phi) is 6.26. The molecule has 21 heavy (non-hydrogen) atoms. The normalized spacial score (nSPS) is 12.1. The van der Waals surface area contributed by atoms with Crippen molar-refractivity contribution in [1.29, 1.82) is 0 Å². The van der Waals surface area contributed by atoms with Gasteiger partial charge < -0.3 is 10.1 Å². The van der Waals surface area contributed by atoms with Crippen molar-refractivity contribution in [3.05, 3.63) is 33.8 Å². The highest BCUT2D eigenvalue weighted by molar-refractivity contribution is 9.10. The maximum atomic E-state index is 13.7. The van der Waals surface area contributed by atoms with Crippen LogP contribution in [0.4, 0.5) is 8.78 Å². The topological polar surface area (TPSA) is 55.4 Å². The molecule has 0 aromatic heterocycles. The number of amides is 1. The Balaban J connectivity index is 2.99. The summed E-state index contributed by atoms with van der Waals surface area (Å²) in [7, 11) is 1.18. The molecule has 0 bridgehead atoms. The first-order chi connectivity index (χ1) is 9.76. The first-order valence-electron chi connectivity index (χ1n) is 6.29. The number of esters is 1. The Bertz CT molecular complexity index is 526. The highest BCUT2D eigenvalue weighted by Gasteiger charge is 2.26. The quantitative estimate of drug-likeness (QED) is 0.818. The second-order valence-electron chi connectivity index (χ2n) is 4.92. The smallest absolute Gasteiger partial charge is 0.328 e.